The molecule has 0 saturated carbocycles. The minimum absolute atomic E-state index is 0.0440. The van der Waals surface area contributed by atoms with E-state index in [2.05, 4.69) is 10.6 Å². The van der Waals surface area contributed by atoms with E-state index in [0.29, 0.717) is 17.0 Å². The van der Waals surface area contributed by atoms with Gasteiger partial charge in [-0.2, -0.15) is 0 Å². The molecule has 0 saturated heterocycles. The summed E-state index contributed by atoms with van der Waals surface area (Å²) in [7, 11) is 0. The van der Waals surface area contributed by atoms with Gasteiger partial charge in [0.15, 0.2) is 0 Å². The average molecular weight is 511 g/mol. The van der Waals surface area contributed by atoms with E-state index in [0.717, 1.165) is 5.56 Å². The molecule has 1 unspecified atom stereocenters. The first-order chi connectivity index (χ1) is 17.4. The van der Waals surface area contributed by atoms with Crippen LogP contribution in [0.2, 0.25) is 0 Å². The molecule has 3 atom stereocenters. The fourth-order valence-electron chi connectivity index (χ4n) is 3.91. The van der Waals surface area contributed by atoms with Crippen LogP contribution in [0.25, 0.3) is 0 Å². The Morgan fingerprint density at radius 1 is 1.16 bits per heavy atom. The molecule has 11 nitrogen and oxygen atoms in total. The summed E-state index contributed by atoms with van der Waals surface area (Å²) in [4.78, 5) is 64.0. The number of nitrogens with two attached hydrogens (primary N) is 1. The number of amides is 4. The van der Waals surface area contributed by atoms with Gasteiger partial charge in [-0.05, 0) is 50.5 Å². The number of carbonyl (C=O) groups is 5. The summed E-state index contributed by atoms with van der Waals surface area (Å²) in [6, 6.07) is 11.6. The number of carbonyl (C=O) groups excluding carboxylic acids is 4. The van der Waals surface area contributed by atoms with E-state index in [1.807, 2.05) is 6.92 Å². The number of rotatable bonds is 10. The molecule has 4 amide bonds. The number of nitrogens with one attached hydrogen (secondary N) is 2. The maximum Gasteiger partial charge on any atom is 0.303 e. The van der Waals surface area contributed by atoms with Gasteiger partial charge in [-0.1, -0.05) is 36.4 Å². The standard InChI is InChI=1S/C26H30N4O7/c1-15-9-11-20-19(13-15)29-24(35)26(3,37-20)25(36)30(14-17-7-5-4-6-8-17)16(2)23(34)28-18(22(27)33)10-12-21(31)32/h4-9,11,13,16,18H,10,12,14H2,1-3H3,(H2,27,33)(H,28,34)(H,29,35)(H,31,32)/t16-,18+,26?/m0/s1. The zero-order chi connectivity index (χ0) is 27.3. The highest BCUT2D eigenvalue weighted by Crippen LogP contribution is 2.35. The molecule has 11 heteroatoms. The third-order valence-corrected chi connectivity index (χ3v) is 6.15. The molecule has 196 valence electrons. The molecular formula is C26H30N4O7. The molecular weight excluding hydrogens is 480 g/mol. The predicted octanol–water partition coefficient (Wildman–Crippen LogP) is 1.34. The first kappa shape index (κ1) is 27.2. The Labute approximate surface area is 214 Å². The van der Waals surface area contributed by atoms with E-state index in [9.17, 15) is 24.0 Å². The number of carboxylic acids is 1. The Kier molecular flexibility index (Phi) is 8.16. The molecule has 1 aliphatic rings. The van der Waals surface area contributed by atoms with Gasteiger partial charge in [0.25, 0.3) is 17.4 Å². The quantitative estimate of drug-likeness (QED) is 0.350. The minimum Gasteiger partial charge on any atom is -0.481 e. The van der Waals surface area contributed by atoms with Crippen molar-refractivity contribution >= 4 is 35.3 Å². The molecule has 2 aromatic carbocycles. The van der Waals surface area contributed by atoms with Crippen molar-refractivity contribution in [3.63, 3.8) is 0 Å². The Morgan fingerprint density at radius 3 is 2.46 bits per heavy atom. The van der Waals surface area contributed by atoms with Crippen LogP contribution in [0.5, 0.6) is 5.75 Å². The van der Waals surface area contributed by atoms with E-state index >= 15 is 0 Å². The highest BCUT2D eigenvalue weighted by Gasteiger charge is 2.50. The third-order valence-electron chi connectivity index (χ3n) is 6.15. The average Bonchev–Trinajstić information content (AvgIpc) is 2.85. The smallest absolute Gasteiger partial charge is 0.303 e. The van der Waals surface area contributed by atoms with Crippen LogP contribution in [0.3, 0.4) is 0 Å². The number of benzene rings is 2. The van der Waals surface area contributed by atoms with E-state index in [1.165, 1.54) is 18.7 Å². The van der Waals surface area contributed by atoms with Crippen LogP contribution in [-0.2, 0) is 30.5 Å². The van der Waals surface area contributed by atoms with Crippen LogP contribution in [0.4, 0.5) is 5.69 Å². The summed E-state index contributed by atoms with van der Waals surface area (Å²) in [5.41, 5.74) is 5.36. The van der Waals surface area contributed by atoms with Gasteiger partial charge < -0.3 is 31.1 Å². The number of aliphatic carboxylic acids is 1. The lowest BCUT2D eigenvalue weighted by atomic mass is 9.98. The normalized spacial score (nSPS) is 17.9. The molecule has 0 fully saturated rings. The molecule has 5 N–H and O–H groups in total. The van der Waals surface area contributed by atoms with Gasteiger partial charge in [0, 0.05) is 13.0 Å². The maximum atomic E-state index is 13.9. The van der Waals surface area contributed by atoms with Gasteiger partial charge in [-0.25, -0.2) is 0 Å². The number of hydrogen-bond acceptors (Lipinski definition) is 6. The monoisotopic (exact) mass is 510 g/mol. The topological polar surface area (TPSA) is 168 Å². The molecule has 0 radical (unpaired) electrons. The molecule has 2 aromatic rings. The highest BCUT2D eigenvalue weighted by atomic mass is 16.5. The maximum absolute atomic E-state index is 13.9. The van der Waals surface area contributed by atoms with Gasteiger partial charge >= 0.3 is 5.97 Å². The number of primary amides is 1. The number of hydrogen-bond donors (Lipinski definition) is 4. The number of nitrogens with zero attached hydrogens (tertiary/aromatic N) is 1. The van der Waals surface area contributed by atoms with E-state index in [-0.39, 0.29) is 19.4 Å². The van der Waals surface area contributed by atoms with Gasteiger partial charge in [0.05, 0.1) is 5.69 Å². The SMILES string of the molecule is Cc1ccc2c(c1)NC(=O)C(C)(C(=O)N(Cc1ccccc1)[C@@H](C)C(=O)N[C@H](CCC(=O)O)C(N)=O)O2. The highest BCUT2D eigenvalue weighted by molar-refractivity contribution is 6.16. The zero-order valence-electron chi connectivity index (χ0n) is 20.8. The van der Waals surface area contributed by atoms with Crippen LogP contribution < -0.4 is 21.1 Å². The lowest BCUT2D eigenvalue weighted by Crippen LogP contribution is -2.63. The zero-order valence-corrected chi connectivity index (χ0v) is 20.8. The Balaban J connectivity index is 1.91. The van der Waals surface area contributed by atoms with Crippen molar-refractivity contribution in [1.82, 2.24) is 10.2 Å². The molecule has 0 aromatic heterocycles. The van der Waals surface area contributed by atoms with E-state index in [4.69, 9.17) is 15.6 Å². The summed E-state index contributed by atoms with van der Waals surface area (Å²) in [6.45, 7) is 4.57. The fourth-order valence-corrected chi connectivity index (χ4v) is 3.91. The van der Waals surface area contributed by atoms with Crippen molar-refractivity contribution in [3.8, 4) is 5.75 Å². The van der Waals surface area contributed by atoms with Crippen LogP contribution in [0.15, 0.2) is 48.5 Å². The summed E-state index contributed by atoms with van der Waals surface area (Å²) < 4.78 is 5.91. The fraction of sp³-hybridized carbons (Fsp3) is 0.346. The predicted molar refractivity (Wildman–Crippen MR) is 133 cm³/mol. The third kappa shape index (κ3) is 6.24. The summed E-state index contributed by atoms with van der Waals surface area (Å²) in [5, 5.41) is 14.1. The van der Waals surface area contributed by atoms with Crippen molar-refractivity contribution < 1.29 is 33.8 Å². The number of ether oxygens (including phenoxy) is 1. The molecule has 1 aliphatic heterocycles. The van der Waals surface area contributed by atoms with Crippen molar-refractivity contribution in [2.45, 2.75) is 57.8 Å². The number of anilines is 1. The first-order valence-corrected chi connectivity index (χ1v) is 11.7. The largest absolute Gasteiger partial charge is 0.481 e. The molecule has 37 heavy (non-hydrogen) atoms. The van der Waals surface area contributed by atoms with Gasteiger partial charge in [0.2, 0.25) is 11.8 Å². The van der Waals surface area contributed by atoms with Crippen molar-refractivity contribution in [2.75, 3.05) is 5.32 Å². The van der Waals surface area contributed by atoms with Crippen LogP contribution >= 0.6 is 0 Å². The van der Waals surface area contributed by atoms with Gasteiger partial charge in [-0.15, -0.1) is 0 Å². The first-order valence-electron chi connectivity index (χ1n) is 11.7. The minimum atomic E-state index is -1.99. The second-order valence-electron chi connectivity index (χ2n) is 9.08. The molecule has 1 heterocycles. The van der Waals surface area contributed by atoms with E-state index < -0.39 is 47.3 Å². The molecule has 0 spiro atoms. The van der Waals surface area contributed by atoms with Gasteiger partial charge in [0.1, 0.15) is 17.8 Å². The lowest BCUT2D eigenvalue weighted by Gasteiger charge is -2.39. The van der Waals surface area contributed by atoms with Crippen LogP contribution in [-0.4, -0.2) is 57.3 Å². The second-order valence-corrected chi connectivity index (χ2v) is 9.08. The van der Waals surface area contributed by atoms with Crippen LogP contribution in [0.1, 0.15) is 37.8 Å². The van der Waals surface area contributed by atoms with Crippen molar-refractivity contribution in [3.05, 3.63) is 59.7 Å². The van der Waals surface area contributed by atoms with Crippen LogP contribution in [0, 0.1) is 6.92 Å². The Hall–Kier alpha value is -4.41. The Bertz CT molecular complexity index is 1220. The van der Waals surface area contributed by atoms with Crippen molar-refractivity contribution in [2.24, 2.45) is 5.73 Å². The Morgan fingerprint density at radius 2 is 1.84 bits per heavy atom. The number of carboxylic acid groups (broad SMARTS) is 1. The van der Waals surface area contributed by atoms with Crippen molar-refractivity contribution in [1.29, 1.82) is 0 Å². The molecule has 0 bridgehead atoms. The number of fused-ring (bicyclic) bond motifs is 1. The molecule has 0 aliphatic carbocycles. The number of aryl methyl sites for hydroxylation is 1. The second kappa shape index (κ2) is 11.1. The summed E-state index contributed by atoms with van der Waals surface area (Å²) >= 11 is 0. The van der Waals surface area contributed by atoms with Gasteiger partial charge in [-0.3, -0.25) is 24.0 Å². The summed E-state index contributed by atoms with van der Waals surface area (Å²) in [6.07, 6.45) is -0.602. The van der Waals surface area contributed by atoms with E-state index in [1.54, 1.807) is 48.5 Å². The molecule has 3 rings (SSSR count). The lowest BCUT2D eigenvalue weighted by molar-refractivity contribution is -0.159. The summed E-state index contributed by atoms with van der Waals surface area (Å²) in [5.74, 6) is -3.97.